The molecule has 1 N–H and O–H groups in total. The fourth-order valence-electron chi connectivity index (χ4n) is 5.10. The first-order chi connectivity index (χ1) is 13.3. The van der Waals surface area contributed by atoms with E-state index in [0.29, 0.717) is 5.75 Å². The van der Waals surface area contributed by atoms with E-state index in [4.69, 9.17) is 4.74 Å². The van der Waals surface area contributed by atoms with Crippen molar-refractivity contribution < 1.29 is 14.2 Å². The zero-order chi connectivity index (χ0) is 20.1. The van der Waals surface area contributed by atoms with Gasteiger partial charge in [-0.25, -0.2) is 4.39 Å². The SMILES string of the molecule is CCCC(C)(c1ccc(F)cc1)c1cc(O)c2c(c1)OC(C)(C)C1=C2CCC1. The minimum atomic E-state index is -0.346. The highest BCUT2D eigenvalue weighted by Crippen LogP contribution is 2.53. The molecule has 1 heterocycles. The summed E-state index contributed by atoms with van der Waals surface area (Å²) < 4.78 is 19.9. The molecule has 2 aromatic carbocycles. The predicted molar refractivity (Wildman–Crippen MR) is 111 cm³/mol. The molecule has 0 spiro atoms. The van der Waals surface area contributed by atoms with Crippen LogP contribution in [0.2, 0.25) is 0 Å². The van der Waals surface area contributed by atoms with Crippen LogP contribution >= 0.6 is 0 Å². The molecule has 148 valence electrons. The topological polar surface area (TPSA) is 29.5 Å². The number of fused-ring (bicyclic) bond motifs is 2. The van der Waals surface area contributed by atoms with Crippen molar-refractivity contribution in [1.82, 2.24) is 0 Å². The second-order valence-electron chi connectivity index (χ2n) is 8.88. The largest absolute Gasteiger partial charge is 0.507 e. The Morgan fingerprint density at radius 2 is 1.82 bits per heavy atom. The van der Waals surface area contributed by atoms with E-state index in [1.54, 1.807) is 0 Å². The Morgan fingerprint density at radius 3 is 2.50 bits per heavy atom. The zero-order valence-electron chi connectivity index (χ0n) is 17.2. The normalized spacial score (nSPS) is 19.6. The summed E-state index contributed by atoms with van der Waals surface area (Å²) in [5.41, 5.74) is 4.83. The van der Waals surface area contributed by atoms with E-state index in [1.165, 1.54) is 23.3 Å². The molecule has 0 fully saturated rings. The molecule has 0 saturated heterocycles. The summed E-state index contributed by atoms with van der Waals surface area (Å²) in [4.78, 5) is 0. The molecule has 28 heavy (non-hydrogen) atoms. The summed E-state index contributed by atoms with van der Waals surface area (Å²) in [7, 11) is 0. The maximum atomic E-state index is 13.5. The molecular weight excluding hydrogens is 351 g/mol. The number of phenols is 1. The molecule has 0 aromatic heterocycles. The Balaban J connectivity index is 1.87. The lowest BCUT2D eigenvalue weighted by molar-refractivity contribution is 0.141. The van der Waals surface area contributed by atoms with Crippen LogP contribution in [0.4, 0.5) is 4.39 Å². The van der Waals surface area contributed by atoms with Crippen molar-refractivity contribution in [2.24, 2.45) is 0 Å². The molecule has 2 aliphatic rings. The Morgan fingerprint density at radius 1 is 1.11 bits per heavy atom. The summed E-state index contributed by atoms with van der Waals surface area (Å²) in [6.07, 6.45) is 5.01. The van der Waals surface area contributed by atoms with E-state index in [1.807, 2.05) is 18.2 Å². The van der Waals surface area contributed by atoms with Gasteiger partial charge in [0.05, 0.1) is 5.56 Å². The zero-order valence-corrected chi connectivity index (χ0v) is 17.2. The summed E-state index contributed by atoms with van der Waals surface area (Å²) in [5, 5.41) is 11.0. The highest BCUT2D eigenvalue weighted by molar-refractivity contribution is 5.82. The molecule has 4 rings (SSSR count). The number of hydrogen-bond donors (Lipinski definition) is 1. The van der Waals surface area contributed by atoms with Crippen molar-refractivity contribution in [2.75, 3.05) is 0 Å². The Hall–Kier alpha value is -2.29. The van der Waals surface area contributed by atoms with Gasteiger partial charge in [0.2, 0.25) is 0 Å². The average molecular weight is 381 g/mol. The Labute approximate surface area is 167 Å². The van der Waals surface area contributed by atoms with Crippen LogP contribution in [0.1, 0.15) is 76.5 Å². The van der Waals surface area contributed by atoms with Crippen molar-refractivity contribution in [1.29, 1.82) is 0 Å². The average Bonchev–Trinajstić information content (AvgIpc) is 3.12. The minimum Gasteiger partial charge on any atom is -0.507 e. The number of rotatable bonds is 4. The van der Waals surface area contributed by atoms with Crippen LogP contribution in [0, 0.1) is 5.82 Å². The lowest BCUT2D eigenvalue weighted by Crippen LogP contribution is -2.34. The quantitative estimate of drug-likeness (QED) is 0.636. The van der Waals surface area contributed by atoms with Crippen molar-refractivity contribution in [3.8, 4) is 11.5 Å². The smallest absolute Gasteiger partial charge is 0.132 e. The number of aromatic hydroxyl groups is 1. The minimum absolute atomic E-state index is 0.235. The molecule has 2 aromatic rings. The first-order valence-electron chi connectivity index (χ1n) is 10.3. The molecule has 3 heteroatoms. The number of phenolic OH excluding ortho intramolecular Hbond substituents is 1. The molecule has 0 saturated carbocycles. The van der Waals surface area contributed by atoms with Gasteiger partial charge >= 0.3 is 0 Å². The fraction of sp³-hybridized carbons (Fsp3) is 0.440. The highest BCUT2D eigenvalue weighted by atomic mass is 19.1. The summed E-state index contributed by atoms with van der Waals surface area (Å²) in [5.74, 6) is 0.827. The van der Waals surface area contributed by atoms with E-state index in [-0.39, 0.29) is 16.8 Å². The molecule has 1 unspecified atom stereocenters. The van der Waals surface area contributed by atoms with Gasteiger partial charge in [-0.05, 0) is 86.1 Å². The molecule has 0 bridgehead atoms. The van der Waals surface area contributed by atoms with Crippen molar-refractivity contribution >= 4 is 5.57 Å². The van der Waals surface area contributed by atoms with Gasteiger partial charge in [0.1, 0.15) is 22.9 Å². The molecule has 1 atom stereocenters. The lowest BCUT2D eigenvalue weighted by atomic mass is 9.72. The summed E-state index contributed by atoms with van der Waals surface area (Å²) >= 11 is 0. The van der Waals surface area contributed by atoms with Gasteiger partial charge in [-0.1, -0.05) is 32.4 Å². The first kappa shape index (κ1) is 19.0. The Bertz CT molecular complexity index is 940. The van der Waals surface area contributed by atoms with E-state index < -0.39 is 0 Å². The standard InChI is InChI=1S/C25H29FO2/c1-5-13-25(4,16-9-11-18(26)12-10-16)17-14-21(27)23-19-7-6-8-20(19)24(2,3)28-22(23)15-17/h9-12,14-15,27H,5-8,13H2,1-4H3. The van der Waals surface area contributed by atoms with Crippen LogP contribution < -0.4 is 4.74 Å². The number of hydrogen-bond acceptors (Lipinski definition) is 2. The summed E-state index contributed by atoms with van der Waals surface area (Å²) in [6.45, 7) is 8.55. The molecule has 0 amide bonds. The van der Waals surface area contributed by atoms with Crippen LogP contribution in [0.25, 0.3) is 5.57 Å². The third-order valence-electron chi connectivity index (χ3n) is 6.56. The van der Waals surface area contributed by atoms with Crippen molar-refractivity contribution in [3.05, 3.63) is 64.5 Å². The first-order valence-corrected chi connectivity index (χ1v) is 10.3. The molecule has 1 aliphatic carbocycles. The van der Waals surface area contributed by atoms with Crippen LogP contribution in [0.3, 0.4) is 0 Å². The number of halogens is 1. The van der Waals surface area contributed by atoms with E-state index in [9.17, 15) is 9.50 Å². The van der Waals surface area contributed by atoms with Crippen LogP contribution in [0.5, 0.6) is 11.5 Å². The number of ether oxygens (including phenoxy) is 1. The van der Waals surface area contributed by atoms with Gasteiger partial charge in [0.25, 0.3) is 0 Å². The van der Waals surface area contributed by atoms with Gasteiger partial charge in [-0.15, -0.1) is 0 Å². The second-order valence-corrected chi connectivity index (χ2v) is 8.88. The maximum Gasteiger partial charge on any atom is 0.132 e. The van der Waals surface area contributed by atoms with Gasteiger partial charge < -0.3 is 9.84 Å². The van der Waals surface area contributed by atoms with Crippen molar-refractivity contribution in [3.63, 3.8) is 0 Å². The molecule has 1 aliphatic heterocycles. The highest BCUT2D eigenvalue weighted by Gasteiger charge is 2.39. The van der Waals surface area contributed by atoms with Crippen LogP contribution in [-0.2, 0) is 5.41 Å². The predicted octanol–water partition coefficient (Wildman–Crippen LogP) is 6.75. The molecule has 0 radical (unpaired) electrons. The second kappa shape index (κ2) is 6.65. The molecular formula is C25H29FO2. The van der Waals surface area contributed by atoms with Crippen LogP contribution in [-0.4, -0.2) is 10.7 Å². The van der Waals surface area contributed by atoms with E-state index in [0.717, 1.165) is 54.5 Å². The van der Waals surface area contributed by atoms with Gasteiger partial charge in [-0.2, -0.15) is 0 Å². The fourth-order valence-corrected chi connectivity index (χ4v) is 5.10. The van der Waals surface area contributed by atoms with E-state index >= 15 is 0 Å². The van der Waals surface area contributed by atoms with Crippen LogP contribution in [0.15, 0.2) is 42.0 Å². The maximum absolute atomic E-state index is 13.5. The van der Waals surface area contributed by atoms with Gasteiger partial charge in [-0.3, -0.25) is 0 Å². The monoisotopic (exact) mass is 380 g/mol. The van der Waals surface area contributed by atoms with Gasteiger partial charge in [0.15, 0.2) is 0 Å². The third kappa shape index (κ3) is 2.92. The summed E-state index contributed by atoms with van der Waals surface area (Å²) in [6, 6.07) is 10.7. The van der Waals surface area contributed by atoms with E-state index in [2.05, 4.69) is 33.8 Å². The van der Waals surface area contributed by atoms with Crippen molar-refractivity contribution in [2.45, 2.75) is 70.8 Å². The number of allylic oxidation sites excluding steroid dienone is 1. The van der Waals surface area contributed by atoms with Gasteiger partial charge in [0, 0.05) is 5.41 Å². The number of benzene rings is 2. The lowest BCUT2D eigenvalue weighted by Gasteiger charge is -2.37. The molecule has 2 nitrogen and oxygen atoms in total. The Kier molecular flexibility index (Phi) is 4.52. The third-order valence-corrected chi connectivity index (χ3v) is 6.56.